The molecule has 142 valence electrons. The van der Waals surface area contributed by atoms with Gasteiger partial charge in [0, 0.05) is 15.6 Å². The predicted octanol–water partition coefficient (Wildman–Crippen LogP) is 5.94. The van der Waals surface area contributed by atoms with Crippen LogP contribution >= 0.6 is 47.8 Å². The third-order valence-corrected chi connectivity index (χ3v) is 4.33. The Morgan fingerprint density at radius 1 is 1.22 bits per heavy atom. The monoisotopic (exact) mass is 559 g/mol. The van der Waals surface area contributed by atoms with E-state index in [0.29, 0.717) is 16.9 Å². The van der Waals surface area contributed by atoms with Crippen LogP contribution in [0, 0.1) is 0 Å². The maximum atomic E-state index is 11.6. The van der Waals surface area contributed by atoms with Gasteiger partial charge in [0.2, 0.25) is 0 Å². The quantitative estimate of drug-likeness (QED) is 0.320. The lowest BCUT2D eigenvalue weighted by atomic mass is 10.0. The van der Waals surface area contributed by atoms with Gasteiger partial charge in [-0.25, -0.2) is 4.79 Å². The van der Waals surface area contributed by atoms with Gasteiger partial charge < -0.3 is 14.7 Å². The highest BCUT2D eigenvalue weighted by molar-refractivity contribution is 9.28. The summed E-state index contributed by atoms with van der Waals surface area (Å²) >= 11 is 10.1. The molecule has 0 atom stereocenters. The molecule has 8 heteroatoms. The summed E-state index contributed by atoms with van der Waals surface area (Å²) in [7, 11) is 0. The molecule has 0 aromatic heterocycles. The number of halogens is 3. The fourth-order valence-electron chi connectivity index (χ4n) is 2.24. The molecule has 0 saturated heterocycles. The number of nitrogens with zero attached hydrogens (tertiary/aromatic N) is 1. The molecule has 0 aliphatic carbocycles. The minimum Gasteiger partial charge on any atom is -0.488 e. The van der Waals surface area contributed by atoms with Crippen molar-refractivity contribution >= 4 is 65.5 Å². The molecule has 2 aromatic rings. The van der Waals surface area contributed by atoms with E-state index in [1.807, 2.05) is 30.3 Å². The van der Waals surface area contributed by atoms with E-state index in [-0.39, 0.29) is 18.9 Å². The molecule has 0 fully saturated rings. The van der Waals surface area contributed by atoms with E-state index >= 15 is 0 Å². The molecule has 2 rings (SSSR count). The first-order valence-electron chi connectivity index (χ1n) is 7.89. The largest absolute Gasteiger partial charge is 0.488 e. The Kier molecular flexibility index (Phi) is 8.53. The Labute approximate surface area is 182 Å². The van der Waals surface area contributed by atoms with Crippen molar-refractivity contribution in [3.05, 3.63) is 67.0 Å². The molecule has 1 N–H and O–H groups in total. The second-order valence-corrected chi connectivity index (χ2v) is 8.91. The second kappa shape index (κ2) is 10.6. The van der Waals surface area contributed by atoms with Gasteiger partial charge in [0.15, 0.2) is 5.71 Å². The Hall–Kier alpha value is -1.64. The smallest absolute Gasteiger partial charge is 0.358 e. The molecular formula is C19H16Br3NO4. The number of carboxylic acid groups (broad SMARTS) is 1. The van der Waals surface area contributed by atoms with Crippen molar-refractivity contribution < 1.29 is 19.5 Å². The molecule has 27 heavy (non-hydrogen) atoms. The molecule has 0 aliphatic rings. The van der Waals surface area contributed by atoms with Crippen molar-refractivity contribution in [2.24, 2.45) is 5.16 Å². The summed E-state index contributed by atoms with van der Waals surface area (Å²) in [6.45, 7) is 2.19. The van der Waals surface area contributed by atoms with Crippen LogP contribution in [0.3, 0.4) is 0 Å². The SMILES string of the molecule is CCON=C(C(=O)O)c1ccccc1COc1cc(Br)ccc1C=C(Br)Br. The van der Waals surface area contributed by atoms with Crippen LogP contribution in [-0.4, -0.2) is 23.4 Å². The van der Waals surface area contributed by atoms with Crippen molar-refractivity contribution in [3.8, 4) is 5.75 Å². The van der Waals surface area contributed by atoms with Crippen LogP contribution in [-0.2, 0) is 16.2 Å². The van der Waals surface area contributed by atoms with Crippen LogP contribution in [0.2, 0.25) is 0 Å². The highest BCUT2D eigenvalue weighted by Gasteiger charge is 2.18. The van der Waals surface area contributed by atoms with Crippen LogP contribution < -0.4 is 4.74 Å². The molecule has 0 aliphatic heterocycles. The lowest BCUT2D eigenvalue weighted by molar-refractivity contribution is -0.129. The molecule has 0 radical (unpaired) electrons. The van der Waals surface area contributed by atoms with Crippen LogP contribution in [0.4, 0.5) is 0 Å². The van der Waals surface area contributed by atoms with Gasteiger partial charge in [-0.2, -0.15) is 0 Å². The van der Waals surface area contributed by atoms with Gasteiger partial charge in [-0.15, -0.1) is 0 Å². The summed E-state index contributed by atoms with van der Waals surface area (Å²) in [4.78, 5) is 16.5. The van der Waals surface area contributed by atoms with Crippen molar-refractivity contribution in [3.63, 3.8) is 0 Å². The molecule has 0 unspecified atom stereocenters. The van der Waals surface area contributed by atoms with E-state index in [1.54, 1.807) is 25.1 Å². The maximum Gasteiger partial charge on any atom is 0.358 e. The van der Waals surface area contributed by atoms with E-state index < -0.39 is 5.97 Å². The molecule has 0 amide bonds. The number of rotatable bonds is 8. The van der Waals surface area contributed by atoms with Crippen LogP contribution in [0.1, 0.15) is 23.6 Å². The normalized spacial score (nSPS) is 11.0. The molecule has 5 nitrogen and oxygen atoms in total. The van der Waals surface area contributed by atoms with Crippen molar-refractivity contribution in [2.45, 2.75) is 13.5 Å². The lowest BCUT2D eigenvalue weighted by Crippen LogP contribution is -2.18. The lowest BCUT2D eigenvalue weighted by Gasteiger charge is -2.13. The van der Waals surface area contributed by atoms with Crippen LogP contribution in [0.15, 0.2) is 55.5 Å². The minimum atomic E-state index is -1.16. The Morgan fingerprint density at radius 3 is 2.63 bits per heavy atom. The average Bonchev–Trinajstić information content (AvgIpc) is 2.62. The number of carboxylic acids is 1. The fraction of sp³-hybridized carbons (Fsp3) is 0.158. The number of oxime groups is 1. The second-order valence-electron chi connectivity index (χ2n) is 5.22. The topological polar surface area (TPSA) is 68.1 Å². The van der Waals surface area contributed by atoms with Gasteiger partial charge >= 0.3 is 5.97 Å². The van der Waals surface area contributed by atoms with E-state index in [4.69, 9.17) is 9.57 Å². The highest BCUT2D eigenvalue weighted by atomic mass is 79.9. The molecule has 2 aromatic carbocycles. The van der Waals surface area contributed by atoms with E-state index in [9.17, 15) is 9.90 Å². The third kappa shape index (κ3) is 6.48. The first-order chi connectivity index (χ1) is 12.9. The molecule has 0 saturated carbocycles. The Balaban J connectivity index is 2.34. The maximum absolute atomic E-state index is 11.6. The van der Waals surface area contributed by atoms with Crippen molar-refractivity contribution in [1.29, 1.82) is 0 Å². The van der Waals surface area contributed by atoms with E-state index in [0.717, 1.165) is 13.4 Å². The molecular weight excluding hydrogens is 546 g/mol. The fourth-order valence-corrected chi connectivity index (χ4v) is 3.07. The summed E-state index contributed by atoms with van der Waals surface area (Å²) in [5.41, 5.74) is 1.84. The first-order valence-corrected chi connectivity index (χ1v) is 10.3. The summed E-state index contributed by atoms with van der Waals surface area (Å²) in [6.07, 6.45) is 1.87. The zero-order chi connectivity index (χ0) is 19.8. The van der Waals surface area contributed by atoms with Crippen molar-refractivity contribution in [1.82, 2.24) is 0 Å². The zero-order valence-corrected chi connectivity index (χ0v) is 19.0. The minimum absolute atomic E-state index is 0.159. The molecule has 0 spiro atoms. The van der Waals surface area contributed by atoms with E-state index in [1.165, 1.54) is 0 Å². The summed E-state index contributed by atoms with van der Waals surface area (Å²) < 4.78 is 7.63. The first kappa shape index (κ1) is 21.7. The van der Waals surface area contributed by atoms with Gasteiger partial charge in [0.25, 0.3) is 0 Å². The molecule has 0 bridgehead atoms. The number of benzene rings is 2. The molecule has 0 heterocycles. The summed E-state index contributed by atoms with van der Waals surface area (Å²) in [6, 6.07) is 12.7. The van der Waals surface area contributed by atoms with Gasteiger partial charge in [0.1, 0.15) is 19.0 Å². The Morgan fingerprint density at radius 2 is 1.96 bits per heavy atom. The van der Waals surface area contributed by atoms with Gasteiger partial charge in [-0.3, -0.25) is 0 Å². The highest BCUT2D eigenvalue weighted by Crippen LogP contribution is 2.29. The van der Waals surface area contributed by atoms with Crippen LogP contribution in [0.25, 0.3) is 6.08 Å². The standard InChI is InChI=1S/C19H16Br3NO4/c1-2-27-23-18(19(24)25)15-6-4-3-5-13(15)11-26-16-10-14(20)8-7-12(16)9-17(21)22/h3-10H,2,11H2,1H3,(H,24,25). The summed E-state index contributed by atoms with van der Waals surface area (Å²) in [5, 5.41) is 13.2. The number of carbonyl (C=O) groups is 1. The third-order valence-electron chi connectivity index (χ3n) is 3.38. The van der Waals surface area contributed by atoms with Crippen LogP contribution in [0.5, 0.6) is 5.75 Å². The number of hydrogen-bond donors (Lipinski definition) is 1. The number of aliphatic carboxylic acids is 1. The Bertz CT molecular complexity index is 877. The van der Waals surface area contributed by atoms with E-state index in [2.05, 4.69) is 52.9 Å². The number of ether oxygens (including phenoxy) is 1. The zero-order valence-electron chi connectivity index (χ0n) is 14.3. The van der Waals surface area contributed by atoms with Gasteiger partial charge in [-0.05, 0) is 62.6 Å². The van der Waals surface area contributed by atoms with Gasteiger partial charge in [0.05, 0.1) is 3.39 Å². The van der Waals surface area contributed by atoms with Gasteiger partial charge in [-0.1, -0.05) is 51.4 Å². The summed E-state index contributed by atoms with van der Waals surface area (Å²) in [5.74, 6) is -0.514. The number of hydrogen-bond acceptors (Lipinski definition) is 4. The predicted molar refractivity (Wildman–Crippen MR) is 117 cm³/mol. The average molecular weight is 562 g/mol. The van der Waals surface area contributed by atoms with Crippen molar-refractivity contribution in [2.75, 3.05) is 6.61 Å².